The van der Waals surface area contributed by atoms with Crippen molar-refractivity contribution in [1.29, 1.82) is 0 Å². The van der Waals surface area contributed by atoms with Crippen LogP contribution in [0, 0.1) is 0 Å². The molecule has 3 heteroatoms. The molecule has 0 bridgehead atoms. The monoisotopic (exact) mass is 138 g/mol. The Balaban J connectivity index is 2.69. The van der Waals surface area contributed by atoms with E-state index >= 15 is 0 Å². The number of rotatable bonds is 2. The summed E-state index contributed by atoms with van der Waals surface area (Å²) in [5.41, 5.74) is 0.780. The zero-order valence-electron chi connectivity index (χ0n) is 5.70. The number of nitrogens with zero attached hydrogens (tertiary/aromatic N) is 1. The van der Waals surface area contributed by atoms with Crippen molar-refractivity contribution in [1.82, 2.24) is 4.98 Å². The van der Waals surface area contributed by atoms with Gasteiger partial charge < -0.3 is 4.74 Å². The van der Waals surface area contributed by atoms with Crippen molar-refractivity contribution in [3.63, 3.8) is 0 Å². The summed E-state index contributed by atoms with van der Waals surface area (Å²) >= 11 is 0. The Morgan fingerprint density at radius 2 is 2.40 bits per heavy atom. The lowest BCUT2D eigenvalue weighted by atomic mass is 10.3. The Hall–Kier alpha value is -1.09. The minimum atomic E-state index is -0.0696. The summed E-state index contributed by atoms with van der Waals surface area (Å²) < 4.78 is 4.80. The molecule has 0 amide bonds. The maximum atomic E-state index is 10.5. The molecule has 0 fully saturated rings. The summed E-state index contributed by atoms with van der Waals surface area (Å²) in [6.07, 6.45) is 1.29. The van der Waals surface area contributed by atoms with Crippen molar-refractivity contribution in [2.75, 3.05) is 7.11 Å². The molecule has 0 spiro atoms. The van der Waals surface area contributed by atoms with Gasteiger partial charge in [0.05, 0.1) is 18.5 Å². The van der Waals surface area contributed by atoms with Crippen molar-refractivity contribution in [2.24, 2.45) is 0 Å². The van der Waals surface area contributed by atoms with Gasteiger partial charge in [0.2, 0.25) is 0 Å². The van der Waals surface area contributed by atoms with Crippen LogP contribution in [-0.4, -0.2) is 12.1 Å². The van der Waals surface area contributed by atoms with Gasteiger partial charge in [0, 0.05) is 7.11 Å². The van der Waals surface area contributed by atoms with Crippen molar-refractivity contribution in [3.05, 3.63) is 24.0 Å². The van der Waals surface area contributed by atoms with Crippen LogP contribution >= 0.6 is 0 Å². The number of aromatic nitrogens is 1. The standard InChI is InChI=1S/C7H8NO2/c1-10-5-6-2-3-7(9)4-8-6/h2-4H,5H2,1H3. The molecule has 0 aromatic carbocycles. The number of hydrogen-bond acceptors (Lipinski definition) is 2. The molecular weight excluding hydrogens is 130 g/mol. The molecule has 1 heterocycles. The van der Waals surface area contributed by atoms with Gasteiger partial charge in [0.15, 0.2) is 5.75 Å². The fourth-order valence-corrected chi connectivity index (χ4v) is 0.644. The average Bonchev–Trinajstić information content (AvgIpc) is 1.95. The van der Waals surface area contributed by atoms with E-state index in [4.69, 9.17) is 4.74 Å². The van der Waals surface area contributed by atoms with Crippen LogP contribution in [0.3, 0.4) is 0 Å². The van der Waals surface area contributed by atoms with Crippen LogP contribution in [-0.2, 0) is 16.5 Å². The largest absolute Gasteiger partial charge is 0.378 e. The molecule has 0 N–H and O–H groups in total. The SMILES string of the molecule is COCc1ccc([O])cn1. The first-order valence-electron chi connectivity index (χ1n) is 2.94. The fraction of sp³-hybridized carbons (Fsp3) is 0.286. The third-order valence-corrected chi connectivity index (χ3v) is 1.09. The Bertz CT molecular complexity index is 195. The number of ether oxygens (including phenoxy) is 1. The molecule has 0 aliphatic carbocycles. The lowest BCUT2D eigenvalue weighted by molar-refractivity contribution is 0.181. The van der Waals surface area contributed by atoms with Gasteiger partial charge >= 0.3 is 0 Å². The van der Waals surface area contributed by atoms with Crippen LogP contribution in [0.4, 0.5) is 0 Å². The number of hydrogen-bond donors (Lipinski definition) is 0. The minimum Gasteiger partial charge on any atom is -0.378 e. The van der Waals surface area contributed by atoms with Crippen LogP contribution in [0.1, 0.15) is 5.69 Å². The second-order valence-corrected chi connectivity index (χ2v) is 1.92. The Kier molecular flexibility index (Phi) is 2.23. The van der Waals surface area contributed by atoms with E-state index in [0.717, 1.165) is 5.69 Å². The highest BCUT2D eigenvalue weighted by atomic mass is 16.5. The third-order valence-electron chi connectivity index (χ3n) is 1.09. The van der Waals surface area contributed by atoms with Crippen LogP contribution in [0.25, 0.3) is 0 Å². The van der Waals surface area contributed by atoms with E-state index in [0.29, 0.717) is 6.61 Å². The highest BCUT2D eigenvalue weighted by Gasteiger charge is 1.92. The van der Waals surface area contributed by atoms with Crippen LogP contribution in [0.5, 0.6) is 5.75 Å². The quantitative estimate of drug-likeness (QED) is 0.619. The Morgan fingerprint density at radius 3 is 2.90 bits per heavy atom. The molecule has 1 aromatic rings. The first-order valence-corrected chi connectivity index (χ1v) is 2.94. The predicted octanol–water partition coefficient (Wildman–Crippen LogP) is 1.37. The Morgan fingerprint density at radius 1 is 1.60 bits per heavy atom. The highest BCUT2D eigenvalue weighted by Crippen LogP contribution is 2.06. The van der Waals surface area contributed by atoms with E-state index in [9.17, 15) is 5.11 Å². The molecule has 1 radical (unpaired) electrons. The molecule has 10 heavy (non-hydrogen) atoms. The summed E-state index contributed by atoms with van der Waals surface area (Å²) in [6.45, 7) is 0.459. The summed E-state index contributed by atoms with van der Waals surface area (Å²) in [6, 6.07) is 3.13. The van der Waals surface area contributed by atoms with Gasteiger partial charge in [0.1, 0.15) is 0 Å². The summed E-state index contributed by atoms with van der Waals surface area (Å²) in [4.78, 5) is 3.83. The second kappa shape index (κ2) is 3.17. The van der Waals surface area contributed by atoms with E-state index in [1.54, 1.807) is 13.2 Å². The summed E-state index contributed by atoms with van der Waals surface area (Å²) in [7, 11) is 1.59. The van der Waals surface area contributed by atoms with Gasteiger partial charge in [-0.2, -0.15) is 0 Å². The van der Waals surface area contributed by atoms with Gasteiger partial charge in [-0.05, 0) is 12.1 Å². The molecule has 0 unspecified atom stereocenters. The topological polar surface area (TPSA) is 42.0 Å². The second-order valence-electron chi connectivity index (χ2n) is 1.92. The molecule has 3 nitrogen and oxygen atoms in total. The fourth-order valence-electron chi connectivity index (χ4n) is 0.644. The van der Waals surface area contributed by atoms with Crippen molar-refractivity contribution >= 4 is 0 Å². The van der Waals surface area contributed by atoms with Gasteiger partial charge in [0.25, 0.3) is 0 Å². The van der Waals surface area contributed by atoms with E-state index in [2.05, 4.69) is 4.98 Å². The third kappa shape index (κ3) is 1.70. The van der Waals surface area contributed by atoms with Crippen molar-refractivity contribution in [3.8, 4) is 5.75 Å². The van der Waals surface area contributed by atoms with Gasteiger partial charge in [-0.25, -0.2) is 0 Å². The molecule has 53 valence electrons. The molecular formula is C7H8NO2. The van der Waals surface area contributed by atoms with Gasteiger partial charge in [-0.15, -0.1) is 0 Å². The van der Waals surface area contributed by atoms with Crippen molar-refractivity contribution in [2.45, 2.75) is 6.61 Å². The van der Waals surface area contributed by atoms with E-state index in [-0.39, 0.29) is 5.75 Å². The maximum Gasteiger partial charge on any atom is 0.196 e. The molecule has 0 saturated carbocycles. The normalized spacial score (nSPS) is 9.70. The zero-order chi connectivity index (χ0) is 7.40. The zero-order valence-corrected chi connectivity index (χ0v) is 5.70. The maximum absolute atomic E-state index is 10.5. The van der Waals surface area contributed by atoms with Crippen molar-refractivity contribution < 1.29 is 9.84 Å². The molecule has 0 saturated heterocycles. The van der Waals surface area contributed by atoms with E-state index in [1.165, 1.54) is 12.3 Å². The van der Waals surface area contributed by atoms with Gasteiger partial charge in [-0.1, -0.05) is 0 Å². The summed E-state index contributed by atoms with van der Waals surface area (Å²) in [5.74, 6) is -0.0696. The first-order chi connectivity index (χ1) is 4.83. The summed E-state index contributed by atoms with van der Waals surface area (Å²) in [5, 5.41) is 10.5. The highest BCUT2D eigenvalue weighted by molar-refractivity contribution is 5.17. The van der Waals surface area contributed by atoms with Crippen LogP contribution < -0.4 is 0 Å². The minimum absolute atomic E-state index is 0.0696. The molecule has 1 rings (SSSR count). The smallest absolute Gasteiger partial charge is 0.196 e. The van der Waals surface area contributed by atoms with E-state index < -0.39 is 0 Å². The Labute approximate surface area is 59.3 Å². The lowest BCUT2D eigenvalue weighted by Crippen LogP contribution is -1.89. The predicted molar refractivity (Wildman–Crippen MR) is 35.1 cm³/mol. The van der Waals surface area contributed by atoms with Gasteiger partial charge in [-0.3, -0.25) is 10.1 Å². The van der Waals surface area contributed by atoms with E-state index in [1.807, 2.05) is 0 Å². The molecule has 1 aromatic heterocycles. The molecule has 0 aliphatic rings. The van der Waals surface area contributed by atoms with Crippen LogP contribution in [0.15, 0.2) is 18.3 Å². The molecule has 0 atom stereocenters. The number of pyridine rings is 1. The number of methoxy groups -OCH3 is 1. The van der Waals surface area contributed by atoms with Crippen LogP contribution in [0.2, 0.25) is 0 Å². The average molecular weight is 138 g/mol. The first kappa shape index (κ1) is 7.02. The molecule has 0 aliphatic heterocycles. The lowest BCUT2D eigenvalue weighted by Gasteiger charge is -1.95.